The smallest absolute Gasteiger partial charge is 0.222 e. The van der Waals surface area contributed by atoms with E-state index in [1.54, 1.807) is 6.92 Å². The van der Waals surface area contributed by atoms with Gasteiger partial charge in [0.2, 0.25) is 11.8 Å². The maximum Gasteiger partial charge on any atom is 0.222 e. The lowest BCUT2D eigenvalue weighted by Gasteiger charge is -2.46. The number of amides is 2. The molecule has 2 aliphatic rings. The largest absolute Gasteiger partial charge is 0.341 e. The third-order valence-electron chi connectivity index (χ3n) is 5.44. The normalized spacial score (nSPS) is 27.6. The molecule has 0 spiro atoms. The highest BCUT2D eigenvalue weighted by Crippen LogP contribution is 2.45. The Hall–Kier alpha value is -1.84. The number of likely N-dealkylation sites (tertiary alicyclic amines) is 2. The van der Waals surface area contributed by atoms with Crippen molar-refractivity contribution in [3.63, 3.8) is 0 Å². The molecule has 1 aromatic carbocycles. The molecule has 4 heteroatoms. The summed E-state index contributed by atoms with van der Waals surface area (Å²) in [6.45, 7) is 5.80. The molecule has 3 rings (SSSR count). The Balaban J connectivity index is 1.96. The van der Waals surface area contributed by atoms with E-state index in [-0.39, 0.29) is 23.3 Å². The van der Waals surface area contributed by atoms with Crippen molar-refractivity contribution in [3.8, 4) is 0 Å². The zero-order valence-electron chi connectivity index (χ0n) is 13.4. The SMILES string of the molecule is CCC(=O)N1CCC2(c3ccccc3)CCN(C(C)=O)C2C1. The van der Waals surface area contributed by atoms with Crippen molar-refractivity contribution in [2.24, 2.45) is 0 Å². The van der Waals surface area contributed by atoms with E-state index < -0.39 is 0 Å². The first-order valence-electron chi connectivity index (χ1n) is 8.19. The van der Waals surface area contributed by atoms with Gasteiger partial charge in [0, 0.05) is 38.4 Å². The van der Waals surface area contributed by atoms with Crippen molar-refractivity contribution in [1.29, 1.82) is 0 Å². The molecule has 2 atom stereocenters. The molecule has 2 amide bonds. The van der Waals surface area contributed by atoms with E-state index in [1.165, 1.54) is 5.56 Å². The molecule has 2 aliphatic heterocycles. The predicted molar refractivity (Wildman–Crippen MR) is 85.4 cm³/mol. The second-order valence-electron chi connectivity index (χ2n) is 6.44. The van der Waals surface area contributed by atoms with Gasteiger partial charge < -0.3 is 9.80 Å². The summed E-state index contributed by atoms with van der Waals surface area (Å²) in [7, 11) is 0. The summed E-state index contributed by atoms with van der Waals surface area (Å²) in [5.74, 6) is 0.311. The Morgan fingerprint density at radius 2 is 1.86 bits per heavy atom. The van der Waals surface area contributed by atoms with Crippen LogP contribution in [-0.2, 0) is 15.0 Å². The third-order valence-corrected chi connectivity index (χ3v) is 5.44. The lowest BCUT2D eigenvalue weighted by molar-refractivity contribution is -0.138. The molecule has 0 bridgehead atoms. The van der Waals surface area contributed by atoms with Crippen molar-refractivity contribution in [2.75, 3.05) is 19.6 Å². The number of nitrogens with zero attached hydrogens (tertiary/aromatic N) is 2. The van der Waals surface area contributed by atoms with E-state index in [1.807, 2.05) is 22.8 Å². The minimum atomic E-state index is 0.0114. The highest BCUT2D eigenvalue weighted by atomic mass is 16.2. The lowest BCUT2D eigenvalue weighted by atomic mass is 9.69. The van der Waals surface area contributed by atoms with Gasteiger partial charge in [0.1, 0.15) is 0 Å². The van der Waals surface area contributed by atoms with Gasteiger partial charge >= 0.3 is 0 Å². The molecule has 1 aromatic rings. The van der Waals surface area contributed by atoms with Crippen LogP contribution in [0.15, 0.2) is 30.3 Å². The lowest BCUT2D eigenvalue weighted by Crippen LogP contribution is -2.57. The summed E-state index contributed by atoms with van der Waals surface area (Å²) in [6, 6.07) is 10.6. The monoisotopic (exact) mass is 300 g/mol. The van der Waals surface area contributed by atoms with Gasteiger partial charge in [-0.25, -0.2) is 0 Å². The molecule has 0 aromatic heterocycles. The highest BCUT2D eigenvalue weighted by molar-refractivity contribution is 5.77. The van der Waals surface area contributed by atoms with E-state index >= 15 is 0 Å². The molecule has 0 aliphatic carbocycles. The fourth-order valence-corrected chi connectivity index (χ4v) is 4.22. The number of piperidine rings is 1. The van der Waals surface area contributed by atoms with Gasteiger partial charge in [-0.3, -0.25) is 9.59 Å². The number of rotatable bonds is 2. The number of benzene rings is 1. The quantitative estimate of drug-likeness (QED) is 0.840. The van der Waals surface area contributed by atoms with Gasteiger partial charge in [0.05, 0.1) is 6.04 Å². The molecule has 22 heavy (non-hydrogen) atoms. The van der Waals surface area contributed by atoms with E-state index in [9.17, 15) is 9.59 Å². The van der Waals surface area contributed by atoms with E-state index in [4.69, 9.17) is 0 Å². The second-order valence-corrected chi connectivity index (χ2v) is 6.44. The number of hydrogen-bond acceptors (Lipinski definition) is 2. The Bertz CT molecular complexity index is 572. The zero-order chi connectivity index (χ0) is 15.7. The fraction of sp³-hybridized carbons (Fsp3) is 0.556. The van der Waals surface area contributed by atoms with E-state index in [0.717, 1.165) is 25.9 Å². The molecule has 2 saturated heterocycles. The van der Waals surface area contributed by atoms with Crippen LogP contribution in [0.5, 0.6) is 0 Å². The average Bonchev–Trinajstić information content (AvgIpc) is 2.95. The van der Waals surface area contributed by atoms with Gasteiger partial charge in [0.25, 0.3) is 0 Å². The summed E-state index contributed by atoms with van der Waals surface area (Å²) < 4.78 is 0. The van der Waals surface area contributed by atoms with Crippen molar-refractivity contribution >= 4 is 11.8 Å². The highest BCUT2D eigenvalue weighted by Gasteiger charge is 2.52. The van der Waals surface area contributed by atoms with Gasteiger partial charge in [-0.05, 0) is 18.4 Å². The maximum absolute atomic E-state index is 12.1. The Morgan fingerprint density at radius 3 is 2.50 bits per heavy atom. The number of fused-ring (bicyclic) bond motifs is 1. The van der Waals surface area contributed by atoms with Crippen LogP contribution >= 0.6 is 0 Å². The van der Waals surface area contributed by atoms with Gasteiger partial charge in [-0.15, -0.1) is 0 Å². The average molecular weight is 300 g/mol. The number of carbonyl (C=O) groups is 2. The van der Waals surface area contributed by atoms with Crippen molar-refractivity contribution in [3.05, 3.63) is 35.9 Å². The first-order valence-corrected chi connectivity index (χ1v) is 8.19. The first-order chi connectivity index (χ1) is 10.6. The van der Waals surface area contributed by atoms with Crippen LogP contribution in [0.4, 0.5) is 0 Å². The summed E-state index contributed by atoms with van der Waals surface area (Å²) >= 11 is 0. The topological polar surface area (TPSA) is 40.6 Å². The standard InChI is InChI=1S/C18H24N2O2/c1-3-17(22)19-11-9-18(15-7-5-4-6-8-15)10-12-20(14(2)21)16(18)13-19/h4-8,16H,3,9-13H2,1-2H3. The molecule has 2 unspecified atom stereocenters. The Labute approximate surface area is 132 Å². The van der Waals surface area contributed by atoms with Crippen molar-refractivity contribution < 1.29 is 9.59 Å². The molecule has 2 heterocycles. The summed E-state index contributed by atoms with van der Waals surface area (Å²) in [5, 5.41) is 0. The summed E-state index contributed by atoms with van der Waals surface area (Å²) in [6.07, 6.45) is 2.47. The molecular weight excluding hydrogens is 276 g/mol. The molecular formula is C18H24N2O2. The summed E-state index contributed by atoms with van der Waals surface area (Å²) in [4.78, 5) is 28.1. The van der Waals surface area contributed by atoms with E-state index in [2.05, 4.69) is 24.3 Å². The fourth-order valence-electron chi connectivity index (χ4n) is 4.22. The van der Waals surface area contributed by atoms with Gasteiger partial charge in [-0.1, -0.05) is 37.3 Å². The van der Waals surface area contributed by atoms with Crippen LogP contribution in [0.25, 0.3) is 0 Å². The number of carbonyl (C=O) groups excluding carboxylic acids is 2. The Kier molecular flexibility index (Phi) is 3.94. The van der Waals surface area contributed by atoms with Crippen LogP contribution in [-0.4, -0.2) is 47.3 Å². The van der Waals surface area contributed by atoms with Crippen LogP contribution in [0.1, 0.15) is 38.7 Å². The van der Waals surface area contributed by atoms with Crippen molar-refractivity contribution in [2.45, 2.75) is 44.6 Å². The number of hydrogen-bond donors (Lipinski definition) is 0. The van der Waals surface area contributed by atoms with Crippen LogP contribution in [0.3, 0.4) is 0 Å². The zero-order valence-corrected chi connectivity index (χ0v) is 13.4. The van der Waals surface area contributed by atoms with Gasteiger partial charge in [0.15, 0.2) is 0 Å². The maximum atomic E-state index is 12.1. The van der Waals surface area contributed by atoms with Crippen molar-refractivity contribution in [1.82, 2.24) is 9.80 Å². The molecule has 2 fully saturated rings. The Morgan fingerprint density at radius 1 is 1.18 bits per heavy atom. The summed E-state index contributed by atoms with van der Waals surface area (Å²) in [5.41, 5.74) is 1.32. The van der Waals surface area contributed by atoms with Crippen LogP contribution in [0, 0.1) is 0 Å². The molecule has 0 N–H and O–H groups in total. The first kappa shape index (κ1) is 15.1. The van der Waals surface area contributed by atoms with E-state index in [0.29, 0.717) is 13.0 Å². The van der Waals surface area contributed by atoms with Gasteiger partial charge in [-0.2, -0.15) is 0 Å². The predicted octanol–water partition coefficient (Wildman–Crippen LogP) is 2.19. The van der Waals surface area contributed by atoms with Crippen LogP contribution < -0.4 is 0 Å². The minimum Gasteiger partial charge on any atom is -0.341 e. The van der Waals surface area contributed by atoms with Crippen LogP contribution in [0.2, 0.25) is 0 Å². The molecule has 0 saturated carbocycles. The molecule has 0 radical (unpaired) electrons. The third kappa shape index (κ3) is 2.31. The second kappa shape index (κ2) is 5.75. The molecule has 4 nitrogen and oxygen atoms in total. The molecule has 118 valence electrons. The minimum absolute atomic E-state index is 0.0114.